The highest BCUT2D eigenvalue weighted by atomic mass is 16.6. The zero-order chi connectivity index (χ0) is 14.1. The number of hydrogen-bond acceptors (Lipinski definition) is 3. The third-order valence-corrected chi connectivity index (χ3v) is 3.25. The highest BCUT2D eigenvalue weighted by Crippen LogP contribution is 2.32. The van der Waals surface area contributed by atoms with Gasteiger partial charge in [-0.15, -0.1) is 0 Å². The van der Waals surface area contributed by atoms with Crippen LogP contribution in [0.4, 0.5) is 5.69 Å². The smallest absolute Gasteiger partial charge is 0.271 e. The lowest BCUT2D eigenvalue weighted by Gasteiger charge is -2.00. The van der Waals surface area contributed by atoms with Gasteiger partial charge in [0.1, 0.15) is 7.11 Å². The molecule has 0 saturated carbocycles. The summed E-state index contributed by atoms with van der Waals surface area (Å²) in [6, 6.07) is 14.6. The molecule has 0 spiro atoms. The molecule has 0 saturated heterocycles. The normalized spacial score (nSPS) is 10.7. The van der Waals surface area contributed by atoms with Crippen molar-refractivity contribution >= 4 is 16.6 Å². The van der Waals surface area contributed by atoms with E-state index in [1.807, 2.05) is 36.5 Å². The summed E-state index contributed by atoms with van der Waals surface area (Å²) in [5.74, 6) is 0. The van der Waals surface area contributed by atoms with Crippen LogP contribution in [0.2, 0.25) is 0 Å². The number of nitro groups is 1. The number of nitro benzene ring substituents is 1. The molecule has 5 heteroatoms. The zero-order valence-electron chi connectivity index (χ0n) is 10.8. The van der Waals surface area contributed by atoms with Crippen LogP contribution in [0.25, 0.3) is 22.0 Å². The van der Waals surface area contributed by atoms with E-state index < -0.39 is 4.92 Å². The first-order chi connectivity index (χ1) is 9.70. The van der Waals surface area contributed by atoms with Crippen molar-refractivity contribution in [3.63, 3.8) is 0 Å². The summed E-state index contributed by atoms with van der Waals surface area (Å²) >= 11 is 0. The van der Waals surface area contributed by atoms with Gasteiger partial charge in [0.2, 0.25) is 0 Å². The third kappa shape index (κ3) is 1.89. The molecule has 0 N–H and O–H groups in total. The van der Waals surface area contributed by atoms with E-state index in [-0.39, 0.29) is 5.69 Å². The second kappa shape index (κ2) is 4.70. The van der Waals surface area contributed by atoms with E-state index in [1.54, 1.807) is 10.8 Å². The van der Waals surface area contributed by atoms with Gasteiger partial charge >= 0.3 is 0 Å². The van der Waals surface area contributed by atoms with Crippen LogP contribution in [0.5, 0.6) is 0 Å². The predicted molar refractivity (Wildman–Crippen MR) is 76.5 cm³/mol. The molecule has 100 valence electrons. The molecule has 20 heavy (non-hydrogen) atoms. The summed E-state index contributed by atoms with van der Waals surface area (Å²) in [5.41, 5.74) is 2.76. The summed E-state index contributed by atoms with van der Waals surface area (Å²) in [4.78, 5) is 15.7. The Morgan fingerprint density at radius 2 is 1.90 bits per heavy atom. The number of aromatic nitrogens is 1. The van der Waals surface area contributed by atoms with Crippen molar-refractivity contribution in [1.29, 1.82) is 0 Å². The highest BCUT2D eigenvalue weighted by Gasteiger charge is 2.14. The summed E-state index contributed by atoms with van der Waals surface area (Å²) in [7, 11) is 1.53. The van der Waals surface area contributed by atoms with Gasteiger partial charge in [0.25, 0.3) is 5.69 Å². The van der Waals surface area contributed by atoms with Gasteiger partial charge in [-0.3, -0.25) is 10.1 Å². The molecule has 0 amide bonds. The second-order valence-electron chi connectivity index (χ2n) is 4.38. The molecule has 0 aliphatic heterocycles. The first-order valence-electron chi connectivity index (χ1n) is 6.10. The minimum Gasteiger partial charge on any atom is -0.417 e. The summed E-state index contributed by atoms with van der Waals surface area (Å²) < 4.78 is 1.55. The first-order valence-corrected chi connectivity index (χ1v) is 6.10. The van der Waals surface area contributed by atoms with Gasteiger partial charge in [0, 0.05) is 23.1 Å². The molecule has 3 rings (SSSR count). The van der Waals surface area contributed by atoms with Crippen LogP contribution in [0.15, 0.2) is 54.7 Å². The maximum absolute atomic E-state index is 10.9. The maximum Gasteiger partial charge on any atom is 0.271 e. The van der Waals surface area contributed by atoms with Crippen LogP contribution in [-0.4, -0.2) is 16.8 Å². The summed E-state index contributed by atoms with van der Waals surface area (Å²) in [5, 5.41) is 11.8. The molecular formula is C15H12N2O3. The van der Waals surface area contributed by atoms with E-state index in [0.717, 1.165) is 16.5 Å². The van der Waals surface area contributed by atoms with E-state index in [0.29, 0.717) is 5.52 Å². The molecule has 3 aromatic rings. The molecule has 0 fully saturated rings. The number of non-ortho nitro benzene ring substituents is 1. The summed E-state index contributed by atoms with van der Waals surface area (Å²) in [6.45, 7) is 0. The largest absolute Gasteiger partial charge is 0.417 e. The van der Waals surface area contributed by atoms with E-state index in [1.165, 1.54) is 19.2 Å². The van der Waals surface area contributed by atoms with Gasteiger partial charge in [-0.2, -0.15) is 4.73 Å². The first kappa shape index (κ1) is 12.2. The average molecular weight is 268 g/mol. The third-order valence-electron chi connectivity index (χ3n) is 3.25. The molecular weight excluding hydrogens is 256 g/mol. The predicted octanol–water partition coefficient (Wildman–Crippen LogP) is 3.27. The molecule has 0 aliphatic carbocycles. The molecule has 0 aliphatic rings. The molecule has 1 aromatic heterocycles. The maximum atomic E-state index is 10.9. The highest BCUT2D eigenvalue weighted by molar-refractivity contribution is 5.96. The molecule has 0 bridgehead atoms. The Bertz CT molecular complexity index is 778. The Labute approximate surface area is 115 Å². The number of benzene rings is 2. The van der Waals surface area contributed by atoms with Gasteiger partial charge in [0.05, 0.1) is 16.6 Å². The number of rotatable bonds is 3. The minimum absolute atomic E-state index is 0.0495. The van der Waals surface area contributed by atoms with E-state index >= 15 is 0 Å². The summed E-state index contributed by atoms with van der Waals surface area (Å²) in [6.07, 6.45) is 1.84. The minimum atomic E-state index is -0.408. The number of nitrogens with zero attached hydrogens (tertiary/aromatic N) is 2. The Morgan fingerprint density at radius 1 is 1.15 bits per heavy atom. The molecule has 2 aromatic carbocycles. The topological polar surface area (TPSA) is 57.3 Å². The van der Waals surface area contributed by atoms with Gasteiger partial charge < -0.3 is 4.84 Å². The van der Waals surface area contributed by atoms with Crippen LogP contribution in [0.3, 0.4) is 0 Å². The van der Waals surface area contributed by atoms with Crippen molar-refractivity contribution in [3.05, 3.63) is 64.8 Å². The van der Waals surface area contributed by atoms with Crippen molar-refractivity contribution in [3.8, 4) is 11.1 Å². The van der Waals surface area contributed by atoms with Crippen LogP contribution in [-0.2, 0) is 0 Å². The molecule has 0 atom stereocenters. The number of fused-ring (bicyclic) bond motifs is 1. The van der Waals surface area contributed by atoms with Gasteiger partial charge in [-0.1, -0.05) is 30.3 Å². The average Bonchev–Trinajstić information content (AvgIpc) is 2.86. The van der Waals surface area contributed by atoms with E-state index in [9.17, 15) is 10.1 Å². The van der Waals surface area contributed by atoms with Crippen molar-refractivity contribution in [2.24, 2.45) is 0 Å². The van der Waals surface area contributed by atoms with Crippen LogP contribution < -0.4 is 4.84 Å². The second-order valence-corrected chi connectivity index (χ2v) is 4.38. The lowest BCUT2D eigenvalue weighted by atomic mass is 10.0. The Morgan fingerprint density at radius 3 is 2.55 bits per heavy atom. The van der Waals surface area contributed by atoms with Crippen LogP contribution in [0.1, 0.15) is 0 Å². The Balaban J connectivity index is 2.27. The van der Waals surface area contributed by atoms with Crippen molar-refractivity contribution < 1.29 is 9.76 Å². The molecule has 0 radical (unpaired) electrons. The quantitative estimate of drug-likeness (QED) is 0.541. The Hall–Kier alpha value is -2.82. The molecule has 5 nitrogen and oxygen atoms in total. The lowest BCUT2D eigenvalue weighted by Crippen LogP contribution is -2.03. The Kier molecular flexibility index (Phi) is 2.87. The van der Waals surface area contributed by atoms with Crippen molar-refractivity contribution in [2.75, 3.05) is 7.11 Å². The van der Waals surface area contributed by atoms with E-state index in [4.69, 9.17) is 4.84 Å². The van der Waals surface area contributed by atoms with Crippen molar-refractivity contribution in [1.82, 2.24) is 4.73 Å². The van der Waals surface area contributed by atoms with Crippen LogP contribution in [0, 0.1) is 10.1 Å². The number of hydrogen-bond donors (Lipinski definition) is 0. The van der Waals surface area contributed by atoms with Gasteiger partial charge in [-0.25, -0.2) is 0 Å². The standard InChI is InChI=1S/C15H12N2O3/c1-20-16-10-14(11-5-3-2-4-6-11)13-8-7-12(17(18)19)9-15(13)16/h2-10H,1H3. The van der Waals surface area contributed by atoms with Gasteiger partial charge in [0.15, 0.2) is 0 Å². The SMILES string of the molecule is COn1cc(-c2ccccc2)c2ccc([N+](=O)[O-])cc21. The van der Waals surface area contributed by atoms with E-state index in [2.05, 4.69) is 0 Å². The monoisotopic (exact) mass is 268 g/mol. The molecule has 1 heterocycles. The van der Waals surface area contributed by atoms with Crippen LogP contribution >= 0.6 is 0 Å². The fourth-order valence-electron chi connectivity index (χ4n) is 2.30. The fourth-order valence-corrected chi connectivity index (χ4v) is 2.30. The fraction of sp³-hybridized carbons (Fsp3) is 0.0667. The van der Waals surface area contributed by atoms with Gasteiger partial charge in [-0.05, 0) is 11.6 Å². The molecule has 0 unspecified atom stereocenters. The van der Waals surface area contributed by atoms with Crippen molar-refractivity contribution in [2.45, 2.75) is 0 Å². The lowest BCUT2D eigenvalue weighted by molar-refractivity contribution is -0.384. The zero-order valence-corrected chi connectivity index (χ0v) is 10.8.